The summed E-state index contributed by atoms with van der Waals surface area (Å²) in [5.41, 5.74) is 0.753. The number of hydrogen-bond acceptors (Lipinski definition) is 3. The van der Waals surface area contributed by atoms with Crippen LogP contribution in [-0.4, -0.2) is 27.7 Å². The van der Waals surface area contributed by atoms with E-state index in [1.54, 1.807) is 12.3 Å². The summed E-state index contributed by atoms with van der Waals surface area (Å²) in [5.74, 6) is -0.145. The maximum Gasteiger partial charge on any atom is 0.223 e. The molecule has 0 saturated carbocycles. The maximum absolute atomic E-state index is 11.6. The minimum atomic E-state index is -0.267. The Bertz CT molecular complexity index is 460. The minimum Gasteiger partial charge on any atom is -0.503 e. The van der Waals surface area contributed by atoms with Crippen molar-refractivity contribution in [2.75, 3.05) is 13.1 Å². The molecule has 0 unspecified atom stereocenters. The monoisotopic (exact) mass is 264 g/mol. The highest BCUT2D eigenvalue weighted by molar-refractivity contribution is 5.20. The molecule has 0 atom stereocenters. The largest absolute Gasteiger partial charge is 0.503 e. The van der Waals surface area contributed by atoms with Gasteiger partial charge in [-0.05, 0) is 32.4 Å². The van der Waals surface area contributed by atoms with Crippen molar-refractivity contribution >= 4 is 0 Å². The van der Waals surface area contributed by atoms with E-state index in [0.29, 0.717) is 0 Å². The molecule has 4 heteroatoms. The lowest BCUT2D eigenvalue weighted by atomic mass is 10.2. The second-order valence-corrected chi connectivity index (χ2v) is 5.40. The van der Waals surface area contributed by atoms with Gasteiger partial charge in [-0.2, -0.15) is 0 Å². The van der Waals surface area contributed by atoms with Gasteiger partial charge in [-0.1, -0.05) is 19.8 Å². The summed E-state index contributed by atoms with van der Waals surface area (Å²) in [6.45, 7) is 5.99. The number of nitrogens with zero attached hydrogens (tertiary/aromatic N) is 2. The summed E-state index contributed by atoms with van der Waals surface area (Å²) < 4.78 is 2.02. The molecule has 1 aliphatic rings. The Morgan fingerprint density at radius 3 is 2.53 bits per heavy atom. The Balaban J connectivity index is 2.17. The van der Waals surface area contributed by atoms with E-state index in [1.165, 1.54) is 25.7 Å². The molecule has 1 aromatic rings. The van der Waals surface area contributed by atoms with Crippen LogP contribution >= 0.6 is 0 Å². The molecule has 2 heterocycles. The molecule has 1 aromatic heterocycles. The smallest absolute Gasteiger partial charge is 0.223 e. The highest BCUT2D eigenvalue weighted by atomic mass is 16.3. The van der Waals surface area contributed by atoms with Gasteiger partial charge in [0.25, 0.3) is 0 Å². The molecule has 0 aliphatic carbocycles. The van der Waals surface area contributed by atoms with Crippen LogP contribution < -0.4 is 5.43 Å². The van der Waals surface area contributed by atoms with Crippen molar-refractivity contribution in [2.45, 2.75) is 52.1 Å². The van der Waals surface area contributed by atoms with Crippen molar-refractivity contribution in [2.24, 2.45) is 0 Å². The number of pyridine rings is 1. The van der Waals surface area contributed by atoms with Crippen LogP contribution in [0.5, 0.6) is 5.75 Å². The van der Waals surface area contributed by atoms with Gasteiger partial charge in [-0.25, -0.2) is 0 Å². The summed E-state index contributed by atoms with van der Waals surface area (Å²) >= 11 is 0. The van der Waals surface area contributed by atoms with Crippen LogP contribution in [0.1, 0.15) is 44.7 Å². The Labute approximate surface area is 114 Å². The average molecular weight is 264 g/mol. The van der Waals surface area contributed by atoms with Crippen molar-refractivity contribution in [1.82, 2.24) is 9.47 Å². The Morgan fingerprint density at radius 1 is 1.21 bits per heavy atom. The van der Waals surface area contributed by atoms with Crippen LogP contribution in [0.3, 0.4) is 0 Å². The molecule has 2 rings (SSSR count). The minimum absolute atomic E-state index is 0.145. The second kappa shape index (κ2) is 6.75. The number of likely N-dealkylation sites (tertiary alicyclic amines) is 1. The van der Waals surface area contributed by atoms with Gasteiger partial charge in [0.2, 0.25) is 5.43 Å². The SMILES string of the molecule is CCCn1cc(O)c(=O)cc1CN1CCCCCC1. The van der Waals surface area contributed by atoms with Gasteiger partial charge in [0.15, 0.2) is 5.75 Å². The lowest BCUT2D eigenvalue weighted by Crippen LogP contribution is -2.27. The number of aryl methyl sites for hydroxylation is 1. The lowest BCUT2D eigenvalue weighted by Gasteiger charge is -2.22. The first-order valence-corrected chi connectivity index (χ1v) is 7.35. The Morgan fingerprint density at radius 2 is 1.89 bits per heavy atom. The molecule has 1 N–H and O–H groups in total. The third-order valence-corrected chi connectivity index (χ3v) is 3.75. The fourth-order valence-corrected chi connectivity index (χ4v) is 2.71. The van der Waals surface area contributed by atoms with E-state index < -0.39 is 0 Å². The first kappa shape index (κ1) is 14.1. The summed E-state index contributed by atoms with van der Waals surface area (Å²) in [6.07, 6.45) is 7.70. The van der Waals surface area contributed by atoms with Crippen molar-refractivity contribution in [3.8, 4) is 5.75 Å². The van der Waals surface area contributed by atoms with Gasteiger partial charge in [-0.3, -0.25) is 9.69 Å². The van der Waals surface area contributed by atoms with Gasteiger partial charge < -0.3 is 9.67 Å². The van der Waals surface area contributed by atoms with Crippen molar-refractivity contribution < 1.29 is 5.11 Å². The molecule has 0 amide bonds. The van der Waals surface area contributed by atoms with Crippen LogP contribution in [-0.2, 0) is 13.1 Å². The summed E-state index contributed by atoms with van der Waals surface area (Å²) in [5, 5.41) is 9.56. The molecule has 1 aliphatic heterocycles. The molecule has 0 aromatic carbocycles. The number of aromatic hydroxyl groups is 1. The van der Waals surface area contributed by atoms with Crippen LogP contribution in [0, 0.1) is 0 Å². The second-order valence-electron chi connectivity index (χ2n) is 5.40. The molecular formula is C15H24N2O2. The van der Waals surface area contributed by atoms with Crippen LogP contribution in [0.4, 0.5) is 0 Å². The molecule has 0 bridgehead atoms. The molecule has 0 radical (unpaired) electrons. The van der Waals surface area contributed by atoms with Gasteiger partial charge >= 0.3 is 0 Å². The third-order valence-electron chi connectivity index (χ3n) is 3.75. The zero-order valence-corrected chi connectivity index (χ0v) is 11.8. The van der Waals surface area contributed by atoms with Crippen LogP contribution in [0.2, 0.25) is 0 Å². The fourth-order valence-electron chi connectivity index (χ4n) is 2.71. The summed E-state index contributed by atoms with van der Waals surface area (Å²) in [6, 6.07) is 1.59. The fraction of sp³-hybridized carbons (Fsp3) is 0.667. The zero-order chi connectivity index (χ0) is 13.7. The number of rotatable bonds is 4. The molecule has 1 fully saturated rings. The van der Waals surface area contributed by atoms with Gasteiger partial charge in [-0.15, -0.1) is 0 Å². The first-order valence-electron chi connectivity index (χ1n) is 7.35. The van der Waals surface area contributed by atoms with E-state index in [1.807, 2.05) is 4.57 Å². The van der Waals surface area contributed by atoms with E-state index in [2.05, 4.69) is 11.8 Å². The van der Waals surface area contributed by atoms with E-state index in [-0.39, 0.29) is 11.2 Å². The molecular weight excluding hydrogens is 240 g/mol. The van der Waals surface area contributed by atoms with Crippen LogP contribution in [0.15, 0.2) is 17.1 Å². The van der Waals surface area contributed by atoms with Gasteiger partial charge in [0.05, 0.1) is 6.20 Å². The molecule has 1 saturated heterocycles. The highest BCUT2D eigenvalue weighted by Gasteiger charge is 2.12. The van der Waals surface area contributed by atoms with Crippen LogP contribution in [0.25, 0.3) is 0 Å². The molecule has 4 nitrogen and oxygen atoms in total. The topological polar surface area (TPSA) is 45.5 Å². The van der Waals surface area contributed by atoms with Gasteiger partial charge in [0, 0.05) is 24.8 Å². The normalized spacial score (nSPS) is 17.3. The Kier molecular flexibility index (Phi) is 5.02. The molecule has 0 spiro atoms. The Hall–Kier alpha value is -1.29. The van der Waals surface area contributed by atoms with Crippen molar-refractivity contribution in [3.05, 3.63) is 28.2 Å². The number of aromatic nitrogens is 1. The van der Waals surface area contributed by atoms with Crippen molar-refractivity contribution in [1.29, 1.82) is 0 Å². The third kappa shape index (κ3) is 3.83. The predicted molar refractivity (Wildman–Crippen MR) is 76.4 cm³/mol. The average Bonchev–Trinajstić information content (AvgIpc) is 2.64. The molecule has 19 heavy (non-hydrogen) atoms. The van der Waals surface area contributed by atoms with Crippen molar-refractivity contribution in [3.63, 3.8) is 0 Å². The molecule has 106 valence electrons. The van der Waals surface area contributed by atoms with E-state index in [9.17, 15) is 9.90 Å². The zero-order valence-electron chi connectivity index (χ0n) is 11.8. The number of hydrogen-bond donors (Lipinski definition) is 1. The summed E-state index contributed by atoms with van der Waals surface area (Å²) in [4.78, 5) is 14.0. The summed E-state index contributed by atoms with van der Waals surface area (Å²) in [7, 11) is 0. The maximum atomic E-state index is 11.6. The first-order chi connectivity index (χ1) is 9.20. The standard InChI is InChI=1S/C15H24N2O2/c1-2-7-17-12-15(19)14(18)10-13(17)11-16-8-5-3-4-6-9-16/h10,12,19H,2-9,11H2,1H3. The predicted octanol–water partition coefficient (Wildman–Crippen LogP) is 2.34. The van der Waals surface area contributed by atoms with E-state index >= 15 is 0 Å². The highest BCUT2D eigenvalue weighted by Crippen LogP contribution is 2.14. The quantitative estimate of drug-likeness (QED) is 0.908. The van der Waals surface area contributed by atoms with E-state index in [4.69, 9.17) is 0 Å². The lowest BCUT2D eigenvalue weighted by molar-refractivity contribution is 0.268. The van der Waals surface area contributed by atoms with Gasteiger partial charge in [0.1, 0.15) is 0 Å². The van der Waals surface area contributed by atoms with E-state index in [0.717, 1.165) is 38.3 Å².